The number of rotatable bonds is 2. The summed E-state index contributed by atoms with van der Waals surface area (Å²) < 4.78 is 5.43. The van der Waals surface area contributed by atoms with E-state index in [1.54, 1.807) is 0 Å². The molecule has 0 unspecified atom stereocenters. The number of aromatic nitrogens is 1. The molecule has 2 aromatic rings. The maximum Gasteiger partial charge on any atom is 0.170 e. The van der Waals surface area contributed by atoms with Crippen molar-refractivity contribution in [3.05, 3.63) is 42.1 Å². The van der Waals surface area contributed by atoms with Crippen LogP contribution in [0.4, 0.5) is 0 Å². The average molecular weight is 228 g/mol. The summed E-state index contributed by atoms with van der Waals surface area (Å²) in [6.45, 7) is 2.17. The van der Waals surface area contributed by atoms with Gasteiger partial charge in [-0.2, -0.15) is 0 Å². The van der Waals surface area contributed by atoms with E-state index < -0.39 is 0 Å². The summed E-state index contributed by atoms with van der Waals surface area (Å²) in [7, 11) is 0. The molecular weight excluding hydrogens is 212 g/mol. The standard InChI is InChI=1S/C14H16N2O/c1-2-4-12(5-3-1)14-13(10-16-17-14)11-6-8-15-9-7-11/h1-5,10-11,15H,6-9H2. The Bertz CT molecular complexity index is 472. The third-order valence-electron chi connectivity index (χ3n) is 3.41. The molecule has 0 spiro atoms. The van der Waals surface area contributed by atoms with Gasteiger partial charge in [0, 0.05) is 11.1 Å². The summed E-state index contributed by atoms with van der Waals surface area (Å²) in [5.41, 5.74) is 2.39. The molecule has 3 rings (SSSR count). The predicted molar refractivity (Wildman–Crippen MR) is 66.8 cm³/mol. The molecule has 0 atom stereocenters. The topological polar surface area (TPSA) is 38.1 Å². The second-order valence-electron chi connectivity index (χ2n) is 4.50. The highest BCUT2D eigenvalue weighted by molar-refractivity contribution is 5.61. The van der Waals surface area contributed by atoms with Gasteiger partial charge in [-0.3, -0.25) is 0 Å². The molecule has 3 nitrogen and oxygen atoms in total. The molecule has 1 saturated heterocycles. The van der Waals surface area contributed by atoms with Crippen molar-refractivity contribution in [2.45, 2.75) is 18.8 Å². The first kappa shape index (κ1) is 10.5. The Morgan fingerprint density at radius 2 is 1.88 bits per heavy atom. The third-order valence-corrected chi connectivity index (χ3v) is 3.41. The predicted octanol–water partition coefficient (Wildman–Crippen LogP) is 2.81. The van der Waals surface area contributed by atoms with Crippen LogP contribution in [0, 0.1) is 0 Å². The molecule has 3 heteroatoms. The Morgan fingerprint density at radius 1 is 1.12 bits per heavy atom. The van der Waals surface area contributed by atoms with Gasteiger partial charge in [-0.25, -0.2) is 0 Å². The van der Waals surface area contributed by atoms with Crippen molar-refractivity contribution in [2.75, 3.05) is 13.1 Å². The van der Waals surface area contributed by atoms with Crippen LogP contribution in [0.5, 0.6) is 0 Å². The van der Waals surface area contributed by atoms with Gasteiger partial charge in [-0.1, -0.05) is 35.5 Å². The fraction of sp³-hybridized carbons (Fsp3) is 0.357. The van der Waals surface area contributed by atoms with Crippen molar-refractivity contribution in [3.63, 3.8) is 0 Å². The second-order valence-corrected chi connectivity index (χ2v) is 4.50. The average Bonchev–Trinajstić information content (AvgIpc) is 2.90. The van der Waals surface area contributed by atoms with Gasteiger partial charge in [-0.15, -0.1) is 0 Å². The lowest BCUT2D eigenvalue weighted by Gasteiger charge is -2.21. The zero-order chi connectivity index (χ0) is 11.5. The molecular formula is C14H16N2O. The van der Waals surface area contributed by atoms with Crippen LogP contribution in [-0.2, 0) is 0 Å². The van der Waals surface area contributed by atoms with Crippen LogP contribution < -0.4 is 5.32 Å². The lowest BCUT2D eigenvalue weighted by Crippen LogP contribution is -2.26. The first-order chi connectivity index (χ1) is 8.45. The molecule has 88 valence electrons. The summed E-state index contributed by atoms with van der Waals surface area (Å²) in [4.78, 5) is 0. The molecule has 2 heterocycles. The molecule has 1 aromatic heterocycles. The van der Waals surface area contributed by atoms with Gasteiger partial charge in [0.2, 0.25) is 0 Å². The van der Waals surface area contributed by atoms with Crippen molar-refractivity contribution in [3.8, 4) is 11.3 Å². The normalized spacial score (nSPS) is 17.2. The minimum Gasteiger partial charge on any atom is -0.356 e. The van der Waals surface area contributed by atoms with E-state index in [2.05, 4.69) is 22.6 Å². The van der Waals surface area contributed by atoms with Crippen LogP contribution in [0.3, 0.4) is 0 Å². The molecule has 1 aromatic carbocycles. The van der Waals surface area contributed by atoms with E-state index in [0.29, 0.717) is 5.92 Å². The number of nitrogens with zero attached hydrogens (tertiary/aromatic N) is 1. The Kier molecular flexibility index (Phi) is 2.92. The Balaban J connectivity index is 1.93. The quantitative estimate of drug-likeness (QED) is 0.859. The van der Waals surface area contributed by atoms with Crippen LogP contribution in [0.25, 0.3) is 11.3 Å². The van der Waals surface area contributed by atoms with Crippen molar-refractivity contribution >= 4 is 0 Å². The first-order valence-corrected chi connectivity index (χ1v) is 6.16. The fourth-order valence-electron chi connectivity index (χ4n) is 2.48. The van der Waals surface area contributed by atoms with Gasteiger partial charge in [0.1, 0.15) is 0 Å². The third kappa shape index (κ3) is 2.11. The number of benzene rings is 1. The van der Waals surface area contributed by atoms with E-state index in [4.69, 9.17) is 4.52 Å². The molecule has 0 saturated carbocycles. The minimum atomic E-state index is 0.581. The van der Waals surface area contributed by atoms with Gasteiger partial charge in [0.05, 0.1) is 6.20 Å². The van der Waals surface area contributed by atoms with Crippen LogP contribution in [-0.4, -0.2) is 18.2 Å². The first-order valence-electron chi connectivity index (χ1n) is 6.16. The smallest absolute Gasteiger partial charge is 0.170 e. The van der Waals surface area contributed by atoms with E-state index in [0.717, 1.165) is 24.4 Å². The van der Waals surface area contributed by atoms with Gasteiger partial charge < -0.3 is 9.84 Å². The van der Waals surface area contributed by atoms with E-state index in [-0.39, 0.29) is 0 Å². The maximum atomic E-state index is 5.43. The second kappa shape index (κ2) is 4.72. The van der Waals surface area contributed by atoms with Crippen LogP contribution in [0.15, 0.2) is 41.1 Å². The Morgan fingerprint density at radius 3 is 2.65 bits per heavy atom. The SMILES string of the molecule is c1ccc(-c2oncc2C2CCNCC2)cc1. The van der Waals surface area contributed by atoms with E-state index in [9.17, 15) is 0 Å². The van der Waals surface area contributed by atoms with E-state index >= 15 is 0 Å². The number of piperidine rings is 1. The lowest BCUT2D eigenvalue weighted by atomic mass is 9.89. The minimum absolute atomic E-state index is 0.581. The molecule has 0 aliphatic carbocycles. The van der Waals surface area contributed by atoms with Gasteiger partial charge in [-0.05, 0) is 31.8 Å². The zero-order valence-corrected chi connectivity index (χ0v) is 9.73. The summed E-state index contributed by atoms with van der Waals surface area (Å²) in [6, 6.07) is 10.2. The number of hydrogen-bond acceptors (Lipinski definition) is 3. The lowest BCUT2D eigenvalue weighted by molar-refractivity contribution is 0.426. The van der Waals surface area contributed by atoms with E-state index in [1.807, 2.05) is 24.4 Å². The van der Waals surface area contributed by atoms with Gasteiger partial charge in [0.25, 0.3) is 0 Å². The monoisotopic (exact) mass is 228 g/mol. The molecule has 0 bridgehead atoms. The van der Waals surface area contributed by atoms with Gasteiger partial charge in [0.15, 0.2) is 5.76 Å². The summed E-state index contributed by atoms with van der Waals surface area (Å²) >= 11 is 0. The van der Waals surface area contributed by atoms with Crippen LogP contribution in [0.2, 0.25) is 0 Å². The molecule has 0 amide bonds. The van der Waals surface area contributed by atoms with E-state index in [1.165, 1.54) is 18.4 Å². The number of nitrogens with one attached hydrogen (secondary N) is 1. The van der Waals surface area contributed by atoms with Crippen molar-refractivity contribution in [1.82, 2.24) is 10.5 Å². The summed E-state index contributed by atoms with van der Waals surface area (Å²) in [6.07, 6.45) is 4.22. The maximum absolute atomic E-state index is 5.43. The van der Waals surface area contributed by atoms with Gasteiger partial charge >= 0.3 is 0 Å². The Hall–Kier alpha value is -1.61. The molecule has 1 fully saturated rings. The van der Waals surface area contributed by atoms with Crippen LogP contribution in [0.1, 0.15) is 24.3 Å². The molecule has 1 N–H and O–H groups in total. The highest BCUT2D eigenvalue weighted by Crippen LogP contribution is 2.33. The Labute approximate surface area is 101 Å². The largest absolute Gasteiger partial charge is 0.356 e. The summed E-state index contributed by atoms with van der Waals surface area (Å²) in [5, 5.41) is 7.36. The molecule has 1 aliphatic rings. The molecule has 17 heavy (non-hydrogen) atoms. The highest BCUT2D eigenvalue weighted by Gasteiger charge is 2.21. The van der Waals surface area contributed by atoms with Crippen LogP contribution >= 0.6 is 0 Å². The molecule has 0 radical (unpaired) electrons. The van der Waals surface area contributed by atoms with Crippen molar-refractivity contribution in [2.24, 2.45) is 0 Å². The number of hydrogen-bond donors (Lipinski definition) is 1. The fourth-order valence-corrected chi connectivity index (χ4v) is 2.48. The van der Waals surface area contributed by atoms with Crippen molar-refractivity contribution < 1.29 is 4.52 Å². The molecule has 1 aliphatic heterocycles. The van der Waals surface area contributed by atoms with Crippen molar-refractivity contribution in [1.29, 1.82) is 0 Å². The zero-order valence-electron chi connectivity index (χ0n) is 9.73. The summed E-state index contributed by atoms with van der Waals surface area (Å²) in [5.74, 6) is 1.52. The highest BCUT2D eigenvalue weighted by atomic mass is 16.5.